The van der Waals surface area contributed by atoms with Gasteiger partial charge in [0.2, 0.25) is 0 Å². The summed E-state index contributed by atoms with van der Waals surface area (Å²) in [5, 5.41) is 4.42. The molecule has 0 radical (unpaired) electrons. The molecule has 2 aromatic rings. The molecule has 1 fully saturated rings. The second kappa shape index (κ2) is 4.53. The molecule has 0 unspecified atom stereocenters. The minimum absolute atomic E-state index is 0.0958. The molecule has 1 aliphatic carbocycles. The van der Waals surface area contributed by atoms with Gasteiger partial charge in [0.25, 0.3) is 11.5 Å². The molecular formula is C15H16N2O2. The van der Waals surface area contributed by atoms with Gasteiger partial charge in [-0.3, -0.25) is 9.59 Å². The van der Waals surface area contributed by atoms with Crippen LogP contribution < -0.4 is 10.9 Å². The van der Waals surface area contributed by atoms with E-state index in [0.717, 1.165) is 18.2 Å². The summed E-state index contributed by atoms with van der Waals surface area (Å²) in [7, 11) is 0. The van der Waals surface area contributed by atoms with E-state index in [1.807, 2.05) is 25.1 Å². The summed E-state index contributed by atoms with van der Waals surface area (Å²) in [6.07, 6.45) is 2.07. The third-order valence-corrected chi connectivity index (χ3v) is 3.48. The molecule has 1 aromatic heterocycles. The lowest BCUT2D eigenvalue weighted by Gasteiger charge is -2.12. The summed E-state index contributed by atoms with van der Waals surface area (Å²) >= 11 is 0. The van der Waals surface area contributed by atoms with Crippen molar-refractivity contribution in [3.63, 3.8) is 0 Å². The van der Waals surface area contributed by atoms with Crippen LogP contribution in [0.5, 0.6) is 0 Å². The first-order valence-corrected chi connectivity index (χ1v) is 6.64. The van der Waals surface area contributed by atoms with Crippen molar-refractivity contribution in [2.45, 2.75) is 32.4 Å². The van der Waals surface area contributed by atoms with E-state index in [-0.39, 0.29) is 11.5 Å². The summed E-state index contributed by atoms with van der Waals surface area (Å²) in [6.45, 7) is 2.38. The van der Waals surface area contributed by atoms with Crippen LogP contribution in [0.4, 0.5) is 0 Å². The number of nitrogens with one attached hydrogen (secondary N) is 1. The van der Waals surface area contributed by atoms with Gasteiger partial charge in [0.1, 0.15) is 5.69 Å². The maximum atomic E-state index is 12.4. The Labute approximate surface area is 111 Å². The highest BCUT2D eigenvalue weighted by atomic mass is 16.2. The molecule has 1 N–H and O–H groups in total. The Morgan fingerprint density at radius 2 is 2.11 bits per heavy atom. The predicted octanol–water partition coefficient (Wildman–Crippen LogP) is 1.91. The van der Waals surface area contributed by atoms with Crippen molar-refractivity contribution in [1.82, 2.24) is 9.88 Å². The van der Waals surface area contributed by atoms with Crippen LogP contribution in [-0.2, 0) is 6.54 Å². The highest BCUT2D eigenvalue weighted by Gasteiger charge is 2.25. The SMILES string of the molecule is CCn1c(C(=O)NC2CC2)cc2ccccc2c1=O. The Morgan fingerprint density at radius 3 is 2.79 bits per heavy atom. The van der Waals surface area contributed by atoms with Crippen LogP contribution in [0.15, 0.2) is 35.1 Å². The average molecular weight is 256 g/mol. The van der Waals surface area contributed by atoms with Gasteiger partial charge in [-0.15, -0.1) is 0 Å². The topological polar surface area (TPSA) is 51.1 Å². The number of pyridine rings is 1. The number of carbonyl (C=O) groups excluding carboxylic acids is 1. The Hall–Kier alpha value is -2.10. The van der Waals surface area contributed by atoms with E-state index >= 15 is 0 Å². The molecule has 1 aromatic carbocycles. The number of benzene rings is 1. The van der Waals surface area contributed by atoms with Gasteiger partial charge < -0.3 is 9.88 Å². The first kappa shape index (κ1) is 12.0. The van der Waals surface area contributed by atoms with E-state index in [0.29, 0.717) is 23.7 Å². The fourth-order valence-corrected chi connectivity index (χ4v) is 2.29. The molecule has 3 rings (SSSR count). The molecule has 0 atom stereocenters. The van der Waals surface area contributed by atoms with Gasteiger partial charge in [-0.2, -0.15) is 0 Å². The smallest absolute Gasteiger partial charge is 0.268 e. The zero-order valence-corrected chi connectivity index (χ0v) is 10.8. The van der Waals surface area contributed by atoms with Gasteiger partial charge in [0, 0.05) is 18.0 Å². The van der Waals surface area contributed by atoms with E-state index in [2.05, 4.69) is 5.32 Å². The van der Waals surface area contributed by atoms with E-state index in [9.17, 15) is 9.59 Å². The lowest BCUT2D eigenvalue weighted by atomic mass is 10.1. The van der Waals surface area contributed by atoms with Gasteiger partial charge >= 0.3 is 0 Å². The summed E-state index contributed by atoms with van der Waals surface area (Å²) in [5.41, 5.74) is 0.361. The van der Waals surface area contributed by atoms with Gasteiger partial charge in [-0.25, -0.2) is 0 Å². The lowest BCUT2D eigenvalue weighted by Crippen LogP contribution is -2.33. The fraction of sp³-hybridized carbons (Fsp3) is 0.333. The minimum atomic E-state index is -0.146. The van der Waals surface area contributed by atoms with Crippen molar-refractivity contribution >= 4 is 16.7 Å². The molecule has 19 heavy (non-hydrogen) atoms. The van der Waals surface area contributed by atoms with E-state index in [4.69, 9.17) is 0 Å². The van der Waals surface area contributed by atoms with Crippen LogP contribution in [-0.4, -0.2) is 16.5 Å². The molecule has 0 bridgehead atoms. The van der Waals surface area contributed by atoms with E-state index < -0.39 is 0 Å². The van der Waals surface area contributed by atoms with Crippen LogP contribution in [0.3, 0.4) is 0 Å². The molecule has 1 aliphatic rings. The first-order valence-electron chi connectivity index (χ1n) is 6.64. The molecule has 1 heterocycles. The zero-order chi connectivity index (χ0) is 13.4. The number of fused-ring (bicyclic) bond motifs is 1. The van der Waals surface area contributed by atoms with Gasteiger partial charge in [-0.05, 0) is 37.3 Å². The van der Waals surface area contributed by atoms with E-state index in [1.165, 1.54) is 0 Å². The number of aromatic nitrogens is 1. The summed E-state index contributed by atoms with van der Waals surface area (Å²) in [4.78, 5) is 24.6. The summed E-state index contributed by atoms with van der Waals surface area (Å²) < 4.78 is 1.54. The first-order chi connectivity index (χ1) is 9.20. The second-order valence-corrected chi connectivity index (χ2v) is 4.91. The van der Waals surface area contributed by atoms with Crippen LogP contribution in [0.25, 0.3) is 10.8 Å². The summed E-state index contributed by atoms with van der Waals surface area (Å²) in [5.74, 6) is -0.146. The molecule has 1 amide bonds. The zero-order valence-electron chi connectivity index (χ0n) is 10.8. The molecule has 4 nitrogen and oxygen atoms in total. The Balaban J connectivity index is 2.16. The monoisotopic (exact) mass is 256 g/mol. The van der Waals surface area contributed by atoms with Crippen molar-refractivity contribution < 1.29 is 4.79 Å². The molecule has 1 saturated carbocycles. The Bertz CT molecular complexity index is 699. The van der Waals surface area contributed by atoms with Crippen molar-refractivity contribution in [3.8, 4) is 0 Å². The molecule has 0 spiro atoms. The van der Waals surface area contributed by atoms with Crippen LogP contribution in [0.1, 0.15) is 30.3 Å². The van der Waals surface area contributed by atoms with Gasteiger partial charge in [0.15, 0.2) is 0 Å². The van der Waals surface area contributed by atoms with Crippen molar-refractivity contribution in [2.75, 3.05) is 0 Å². The van der Waals surface area contributed by atoms with Crippen LogP contribution >= 0.6 is 0 Å². The second-order valence-electron chi connectivity index (χ2n) is 4.91. The Kier molecular flexibility index (Phi) is 2.85. The predicted molar refractivity (Wildman–Crippen MR) is 74.4 cm³/mol. The van der Waals surface area contributed by atoms with E-state index in [1.54, 1.807) is 16.7 Å². The molecule has 98 valence electrons. The van der Waals surface area contributed by atoms with Crippen LogP contribution in [0.2, 0.25) is 0 Å². The lowest BCUT2D eigenvalue weighted by molar-refractivity contribution is 0.0941. The molecule has 0 saturated heterocycles. The van der Waals surface area contributed by atoms with Crippen molar-refractivity contribution in [3.05, 3.63) is 46.4 Å². The average Bonchev–Trinajstić information content (AvgIpc) is 3.22. The number of hydrogen-bond donors (Lipinski definition) is 1. The van der Waals surface area contributed by atoms with Crippen LogP contribution in [0, 0.1) is 0 Å². The maximum absolute atomic E-state index is 12.4. The Morgan fingerprint density at radius 1 is 1.37 bits per heavy atom. The quantitative estimate of drug-likeness (QED) is 0.912. The largest absolute Gasteiger partial charge is 0.348 e. The van der Waals surface area contributed by atoms with Gasteiger partial charge in [0.05, 0.1) is 0 Å². The number of carbonyl (C=O) groups is 1. The highest BCUT2D eigenvalue weighted by molar-refractivity contribution is 5.97. The third kappa shape index (κ3) is 2.14. The number of nitrogens with zero attached hydrogens (tertiary/aromatic N) is 1. The molecule has 0 aliphatic heterocycles. The fourth-order valence-electron chi connectivity index (χ4n) is 2.29. The summed E-state index contributed by atoms with van der Waals surface area (Å²) in [6, 6.07) is 9.47. The van der Waals surface area contributed by atoms with Gasteiger partial charge in [-0.1, -0.05) is 18.2 Å². The molecular weight excluding hydrogens is 240 g/mol. The van der Waals surface area contributed by atoms with Crippen molar-refractivity contribution in [2.24, 2.45) is 0 Å². The molecule has 4 heteroatoms. The highest BCUT2D eigenvalue weighted by Crippen LogP contribution is 2.20. The standard InChI is InChI=1S/C15H16N2O2/c1-2-17-13(14(18)16-11-7-8-11)9-10-5-3-4-6-12(10)15(17)19/h3-6,9,11H,2,7-8H2,1H3,(H,16,18). The normalized spacial score (nSPS) is 14.6. The third-order valence-electron chi connectivity index (χ3n) is 3.48. The number of amides is 1. The number of hydrogen-bond acceptors (Lipinski definition) is 2. The van der Waals surface area contributed by atoms with Crippen molar-refractivity contribution in [1.29, 1.82) is 0 Å². The maximum Gasteiger partial charge on any atom is 0.268 e. The minimum Gasteiger partial charge on any atom is -0.348 e. The number of rotatable bonds is 3.